The highest BCUT2D eigenvalue weighted by Gasteiger charge is 2.13. The number of nitrogens with one attached hydrogen (secondary N) is 1. The molecule has 3 N–H and O–H groups in total. The van der Waals surface area contributed by atoms with Crippen molar-refractivity contribution in [2.45, 2.75) is 18.7 Å². The molecule has 0 aliphatic carbocycles. The number of hydrogen-bond acceptors (Lipinski definition) is 3. The van der Waals surface area contributed by atoms with Crippen molar-refractivity contribution in [1.29, 1.82) is 0 Å². The monoisotopic (exact) mass is 266 g/mol. The van der Waals surface area contributed by atoms with Gasteiger partial charge in [0.2, 0.25) is 10.0 Å². The number of rotatable bonds is 4. The fourth-order valence-electron chi connectivity index (χ4n) is 1.25. The molecule has 0 amide bonds. The molecule has 4 nitrogen and oxygen atoms in total. The van der Waals surface area contributed by atoms with E-state index in [0.29, 0.717) is 12.1 Å². The van der Waals surface area contributed by atoms with Crippen molar-refractivity contribution in [3.63, 3.8) is 0 Å². The van der Waals surface area contributed by atoms with Gasteiger partial charge < -0.3 is 5.73 Å². The van der Waals surface area contributed by atoms with Crippen molar-refractivity contribution in [3.05, 3.63) is 29.8 Å². The second kappa shape index (κ2) is 6.55. The molecule has 0 aliphatic rings. The largest absolute Gasteiger partial charge is 0.320 e. The van der Waals surface area contributed by atoms with Crippen LogP contribution in [0.25, 0.3) is 0 Å². The Hall–Kier alpha value is -1.35. The van der Waals surface area contributed by atoms with Gasteiger partial charge in [0.05, 0.1) is 11.4 Å². The standard InChI is InChI=1S/C13H18N2O2S/c1-11(2)10-15-18(16,17)13-7-3-5-12(9-13)6-4-8-14/h3,5,7,9,11,15H,8,10,14H2,1-2H3. The first-order valence-corrected chi connectivity index (χ1v) is 7.22. The highest BCUT2D eigenvalue weighted by Crippen LogP contribution is 2.11. The second-order valence-corrected chi connectivity index (χ2v) is 6.05. The highest BCUT2D eigenvalue weighted by molar-refractivity contribution is 7.89. The van der Waals surface area contributed by atoms with E-state index in [-0.39, 0.29) is 17.4 Å². The topological polar surface area (TPSA) is 72.2 Å². The molecule has 0 heterocycles. The summed E-state index contributed by atoms with van der Waals surface area (Å²) in [7, 11) is -3.45. The summed E-state index contributed by atoms with van der Waals surface area (Å²) in [5, 5.41) is 0. The number of benzene rings is 1. The van der Waals surface area contributed by atoms with E-state index < -0.39 is 10.0 Å². The molecule has 0 radical (unpaired) electrons. The first-order chi connectivity index (χ1) is 8.45. The minimum Gasteiger partial charge on any atom is -0.320 e. The van der Waals surface area contributed by atoms with Crippen molar-refractivity contribution < 1.29 is 8.42 Å². The molecule has 0 saturated heterocycles. The second-order valence-electron chi connectivity index (χ2n) is 4.28. The molecule has 0 aliphatic heterocycles. The molecule has 5 heteroatoms. The minimum absolute atomic E-state index is 0.229. The molecule has 0 atom stereocenters. The lowest BCUT2D eigenvalue weighted by atomic mass is 10.2. The van der Waals surface area contributed by atoms with Crippen LogP contribution < -0.4 is 10.5 Å². The summed E-state index contributed by atoms with van der Waals surface area (Å²) in [6.45, 7) is 4.57. The molecule has 1 aromatic rings. The maximum absolute atomic E-state index is 12.0. The Bertz CT molecular complexity index is 554. The van der Waals surface area contributed by atoms with Crippen LogP contribution in [0.5, 0.6) is 0 Å². The molecule has 0 fully saturated rings. The van der Waals surface area contributed by atoms with Crippen LogP contribution in [-0.2, 0) is 10.0 Å². The third-order valence-corrected chi connectivity index (χ3v) is 3.58. The van der Waals surface area contributed by atoms with Crippen LogP contribution in [0.2, 0.25) is 0 Å². The van der Waals surface area contributed by atoms with Crippen molar-refractivity contribution in [1.82, 2.24) is 4.72 Å². The van der Waals surface area contributed by atoms with Gasteiger partial charge in [-0.25, -0.2) is 13.1 Å². The van der Waals surface area contributed by atoms with E-state index in [9.17, 15) is 8.42 Å². The zero-order chi connectivity index (χ0) is 13.6. The number of nitrogens with two attached hydrogens (primary N) is 1. The molecule has 1 aromatic carbocycles. The molecule has 0 aromatic heterocycles. The van der Waals surface area contributed by atoms with Crippen molar-refractivity contribution in [2.24, 2.45) is 11.7 Å². The van der Waals surface area contributed by atoms with E-state index in [1.807, 2.05) is 13.8 Å². The lowest BCUT2D eigenvalue weighted by Gasteiger charge is -2.08. The molecule has 1 rings (SSSR count). The quantitative estimate of drug-likeness (QED) is 0.796. The number of sulfonamides is 1. The smallest absolute Gasteiger partial charge is 0.240 e. The Morgan fingerprint density at radius 1 is 1.39 bits per heavy atom. The van der Waals surface area contributed by atoms with E-state index >= 15 is 0 Å². The maximum Gasteiger partial charge on any atom is 0.240 e. The SMILES string of the molecule is CC(C)CNS(=O)(=O)c1cccc(C#CCN)c1. The summed E-state index contributed by atoms with van der Waals surface area (Å²) in [6.07, 6.45) is 0. The average molecular weight is 266 g/mol. The van der Waals surface area contributed by atoms with Crippen LogP contribution in [-0.4, -0.2) is 21.5 Å². The van der Waals surface area contributed by atoms with Crippen LogP contribution in [0.4, 0.5) is 0 Å². The van der Waals surface area contributed by atoms with E-state index in [1.165, 1.54) is 0 Å². The first-order valence-electron chi connectivity index (χ1n) is 5.74. The van der Waals surface area contributed by atoms with E-state index in [0.717, 1.165) is 0 Å². The summed E-state index contributed by atoms with van der Waals surface area (Å²) in [5.74, 6) is 5.77. The highest BCUT2D eigenvalue weighted by atomic mass is 32.2. The summed E-state index contributed by atoms with van der Waals surface area (Å²) < 4.78 is 26.5. The van der Waals surface area contributed by atoms with E-state index in [4.69, 9.17) is 5.73 Å². The first kappa shape index (κ1) is 14.7. The molecule has 98 valence electrons. The average Bonchev–Trinajstić information content (AvgIpc) is 2.34. The normalized spacial score (nSPS) is 11.1. The summed E-state index contributed by atoms with van der Waals surface area (Å²) in [5.41, 5.74) is 5.92. The van der Waals surface area contributed by atoms with Crippen LogP contribution in [0, 0.1) is 17.8 Å². The zero-order valence-corrected chi connectivity index (χ0v) is 11.4. The Morgan fingerprint density at radius 2 is 2.11 bits per heavy atom. The van der Waals surface area contributed by atoms with Crippen LogP contribution >= 0.6 is 0 Å². The summed E-state index contributed by atoms with van der Waals surface area (Å²) in [4.78, 5) is 0.229. The molecular weight excluding hydrogens is 248 g/mol. The fraction of sp³-hybridized carbons (Fsp3) is 0.385. The lowest BCUT2D eigenvalue weighted by Crippen LogP contribution is -2.27. The third-order valence-electron chi connectivity index (χ3n) is 2.16. The van der Waals surface area contributed by atoms with Crippen molar-refractivity contribution in [2.75, 3.05) is 13.1 Å². The van der Waals surface area contributed by atoms with Crippen LogP contribution in [0.1, 0.15) is 19.4 Å². The molecule has 0 unspecified atom stereocenters. The van der Waals surface area contributed by atoms with Gasteiger partial charge in [0.15, 0.2) is 0 Å². The van der Waals surface area contributed by atoms with Crippen LogP contribution in [0.3, 0.4) is 0 Å². The Labute approximate surface area is 109 Å². The van der Waals surface area contributed by atoms with Gasteiger partial charge in [-0.2, -0.15) is 0 Å². The van der Waals surface area contributed by atoms with Gasteiger partial charge in [0, 0.05) is 12.1 Å². The molecular formula is C13H18N2O2S. The molecule has 0 spiro atoms. The van der Waals surface area contributed by atoms with Gasteiger partial charge in [-0.15, -0.1) is 0 Å². The van der Waals surface area contributed by atoms with E-state index in [2.05, 4.69) is 16.6 Å². The van der Waals surface area contributed by atoms with Gasteiger partial charge in [0.25, 0.3) is 0 Å². The fourth-order valence-corrected chi connectivity index (χ4v) is 2.51. The Balaban J connectivity index is 2.95. The summed E-state index contributed by atoms with van der Waals surface area (Å²) in [6, 6.07) is 6.52. The van der Waals surface area contributed by atoms with Crippen molar-refractivity contribution in [3.8, 4) is 11.8 Å². The van der Waals surface area contributed by atoms with Crippen LogP contribution in [0.15, 0.2) is 29.2 Å². The van der Waals surface area contributed by atoms with Gasteiger partial charge >= 0.3 is 0 Å². The lowest BCUT2D eigenvalue weighted by molar-refractivity contribution is 0.560. The van der Waals surface area contributed by atoms with Gasteiger partial charge in [0.1, 0.15) is 0 Å². The predicted octanol–water partition coefficient (Wildman–Crippen LogP) is 0.931. The zero-order valence-electron chi connectivity index (χ0n) is 10.6. The van der Waals surface area contributed by atoms with Crippen molar-refractivity contribution >= 4 is 10.0 Å². The summed E-state index contributed by atoms with van der Waals surface area (Å²) >= 11 is 0. The Morgan fingerprint density at radius 3 is 2.72 bits per heavy atom. The van der Waals surface area contributed by atoms with Gasteiger partial charge in [-0.05, 0) is 24.1 Å². The van der Waals surface area contributed by atoms with Gasteiger partial charge in [-0.1, -0.05) is 31.8 Å². The van der Waals surface area contributed by atoms with E-state index in [1.54, 1.807) is 24.3 Å². The predicted molar refractivity (Wildman–Crippen MR) is 72.4 cm³/mol. The Kier molecular flexibility index (Phi) is 5.35. The third kappa shape index (κ3) is 4.49. The number of hydrogen-bond donors (Lipinski definition) is 2. The van der Waals surface area contributed by atoms with Gasteiger partial charge in [-0.3, -0.25) is 0 Å². The maximum atomic E-state index is 12.0. The molecule has 0 bridgehead atoms. The molecule has 18 heavy (non-hydrogen) atoms. The molecule has 0 saturated carbocycles. The minimum atomic E-state index is -3.45.